The van der Waals surface area contributed by atoms with Gasteiger partial charge in [0.15, 0.2) is 17.8 Å². The molecule has 3 aromatic rings. The molecule has 9 N–H and O–H groups in total. The Morgan fingerprint density at radius 3 is 2.35 bits per heavy atom. The summed E-state index contributed by atoms with van der Waals surface area (Å²) in [6.45, 7) is -1.84. The molecule has 0 saturated carbocycles. The van der Waals surface area contributed by atoms with Crippen LogP contribution in [0.5, 0.6) is 23.0 Å². The Labute approximate surface area is 224 Å². The Morgan fingerprint density at radius 1 is 1.00 bits per heavy atom. The van der Waals surface area contributed by atoms with Crippen LogP contribution in [0.25, 0.3) is 21.9 Å². The van der Waals surface area contributed by atoms with Crippen LogP contribution >= 0.6 is 0 Å². The van der Waals surface area contributed by atoms with Crippen LogP contribution in [0.3, 0.4) is 0 Å². The summed E-state index contributed by atoms with van der Waals surface area (Å²) in [5, 5.41) is 92.6. The molecule has 2 aliphatic rings. The lowest BCUT2D eigenvalue weighted by molar-refractivity contribution is -0.253. The number of rotatable bonds is 6. The second-order valence-corrected chi connectivity index (χ2v) is 9.77. The van der Waals surface area contributed by atoms with Crippen LogP contribution in [0.15, 0.2) is 27.4 Å². The van der Waals surface area contributed by atoms with Crippen LogP contribution in [0.4, 0.5) is 0 Å². The van der Waals surface area contributed by atoms with Gasteiger partial charge < -0.3 is 69.3 Å². The summed E-state index contributed by atoms with van der Waals surface area (Å²) in [7, 11) is 1.27. The van der Waals surface area contributed by atoms with Crippen molar-refractivity contribution < 1.29 is 69.3 Å². The van der Waals surface area contributed by atoms with Gasteiger partial charge in [0.1, 0.15) is 70.3 Å². The largest absolute Gasteiger partial charge is 0.507 e. The third-order valence-corrected chi connectivity index (χ3v) is 7.26. The Bertz CT molecular complexity index is 1490. The van der Waals surface area contributed by atoms with Crippen LogP contribution in [-0.4, -0.2) is 115 Å². The van der Waals surface area contributed by atoms with E-state index in [4.69, 9.17) is 23.4 Å². The first-order valence-corrected chi connectivity index (χ1v) is 12.1. The van der Waals surface area contributed by atoms with Crippen molar-refractivity contribution in [1.82, 2.24) is 0 Å². The van der Waals surface area contributed by atoms with Crippen LogP contribution in [0.2, 0.25) is 0 Å². The predicted octanol–water partition coefficient (Wildman–Crippen LogP) is -1.95. The Balaban J connectivity index is 1.51. The molecule has 40 heavy (non-hydrogen) atoms. The molecule has 0 amide bonds. The topological polar surface area (TPSA) is 249 Å². The van der Waals surface area contributed by atoms with Crippen LogP contribution in [0, 0.1) is 0 Å². The average molecular weight is 568 g/mol. The summed E-state index contributed by atoms with van der Waals surface area (Å²) in [6.07, 6.45) is -11.8. The summed E-state index contributed by atoms with van der Waals surface area (Å²) in [5.74, 6) is -1.90. The molecule has 1 aromatic heterocycles. The molecule has 2 aromatic carbocycles. The highest BCUT2D eigenvalue weighted by Crippen LogP contribution is 2.45. The Hall–Kier alpha value is -3.25. The van der Waals surface area contributed by atoms with Crippen LogP contribution in [-0.2, 0) is 14.2 Å². The zero-order valence-corrected chi connectivity index (χ0v) is 20.9. The molecule has 5 rings (SSSR count). The number of ether oxygens (including phenoxy) is 4. The quantitative estimate of drug-likeness (QED) is 0.147. The second-order valence-electron chi connectivity index (χ2n) is 9.77. The van der Waals surface area contributed by atoms with Crippen molar-refractivity contribution in [2.75, 3.05) is 26.9 Å². The highest BCUT2D eigenvalue weighted by atomic mass is 16.7. The van der Waals surface area contributed by atoms with Gasteiger partial charge in [0.2, 0.25) is 5.43 Å². The zero-order chi connectivity index (χ0) is 29.1. The molecular formula is C25H28O15. The first-order chi connectivity index (χ1) is 18.9. The normalized spacial score (nSPS) is 32.6. The molecule has 2 aliphatic heterocycles. The molecule has 2 fully saturated rings. The van der Waals surface area contributed by atoms with E-state index in [-0.39, 0.29) is 28.1 Å². The lowest BCUT2D eigenvalue weighted by Crippen LogP contribution is -2.56. The van der Waals surface area contributed by atoms with Crippen molar-refractivity contribution in [3.05, 3.63) is 34.0 Å². The molecule has 15 heteroatoms. The van der Waals surface area contributed by atoms with E-state index in [2.05, 4.69) is 0 Å². The van der Waals surface area contributed by atoms with E-state index in [1.165, 1.54) is 13.2 Å². The van der Waals surface area contributed by atoms with Gasteiger partial charge in [0, 0.05) is 12.1 Å². The van der Waals surface area contributed by atoms with E-state index in [0.29, 0.717) is 0 Å². The van der Waals surface area contributed by atoms with Gasteiger partial charge in [0.05, 0.1) is 37.9 Å². The van der Waals surface area contributed by atoms with Crippen LogP contribution < -0.4 is 10.2 Å². The SMILES string of the molecule is COc1cc2c(=O)c3c(O)c(C4O[C@H](CO[C@@H]5OC[C@](O)(CO)[C@H]5O)[C@@H](O)C(O)[C@H]4O)c(O)cc3oc2cc1O. The lowest BCUT2D eigenvalue weighted by Gasteiger charge is -2.41. The smallest absolute Gasteiger partial charge is 0.204 e. The van der Waals surface area contributed by atoms with Gasteiger partial charge in [-0.25, -0.2) is 0 Å². The van der Waals surface area contributed by atoms with Crippen molar-refractivity contribution in [3.63, 3.8) is 0 Å². The summed E-state index contributed by atoms with van der Waals surface area (Å²) < 4.78 is 26.8. The van der Waals surface area contributed by atoms with Crippen molar-refractivity contribution in [2.24, 2.45) is 0 Å². The summed E-state index contributed by atoms with van der Waals surface area (Å²) in [4.78, 5) is 13.3. The number of phenolic OH excluding ortho intramolecular Hbond substituents is 3. The standard InChI is InChI=1S/C25H28O15/c1-36-12-2-8-11(3-9(12)27)39-13-4-10(28)15(19(31)16(13)17(8)29)22-21(33)20(32)18(30)14(40-22)5-37-24-23(34)25(35,6-26)7-38-24/h2-4,14,18,20-24,26-28,30-35H,5-7H2,1H3/t14-,18-,20?,21-,22?,23+,24-,25-/m1/s1. The number of fused-ring (bicyclic) bond motifs is 2. The van der Waals surface area contributed by atoms with Gasteiger partial charge in [-0.3, -0.25) is 4.79 Å². The summed E-state index contributed by atoms with van der Waals surface area (Å²) >= 11 is 0. The number of aromatic hydroxyl groups is 3. The fourth-order valence-electron chi connectivity index (χ4n) is 4.91. The maximum atomic E-state index is 13.3. The fraction of sp³-hybridized carbons (Fsp3) is 0.480. The molecule has 218 valence electrons. The second kappa shape index (κ2) is 10.3. The number of benzene rings is 2. The number of hydrogen-bond donors (Lipinski definition) is 9. The maximum Gasteiger partial charge on any atom is 0.204 e. The molecule has 0 spiro atoms. The number of methoxy groups -OCH3 is 1. The first-order valence-electron chi connectivity index (χ1n) is 12.1. The van der Waals surface area contributed by atoms with Crippen molar-refractivity contribution in [2.45, 2.75) is 48.5 Å². The van der Waals surface area contributed by atoms with Gasteiger partial charge in [-0.05, 0) is 6.07 Å². The maximum absolute atomic E-state index is 13.3. The predicted molar refractivity (Wildman–Crippen MR) is 131 cm³/mol. The molecule has 2 saturated heterocycles. The molecule has 15 nitrogen and oxygen atoms in total. The van der Waals surface area contributed by atoms with Gasteiger partial charge in [0.25, 0.3) is 0 Å². The Kier molecular flexibility index (Phi) is 7.28. The summed E-state index contributed by atoms with van der Waals surface area (Å²) in [5.41, 5.74) is -3.60. The lowest BCUT2D eigenvalue weighted by atomic mass is 9.89. The van der Waals surface area contributed by atoms with Crippen molar-refractivity contribution in [3.8, 4) is 23.0 Å². The van der Waals surface area contributed by atoms with E-state index in [1.807, 2.05) is 0 Å². The van der Waals surface area contributed by atoms with E-state index < -0.39 is 96.2 Å². The van der Waals surface area contributed by atoms with Crippen LogP contribution in [0.1, 0.15) is 11.7 Å². The van der Waals surface area contributed by atoms with E-state index >= 15 is 0 Å². The van der Waals surface area contributed by atoms with Gasteiger partial charge >= 0.3 is 0 Å². The van der Waals surface area contributed by atoms with Gasteiger partial charge in [-0.1, -0.05) is 0 Å². The third kappa shape index (κ3) is 4.41. The molecule has 2 unspecified atom stereocenters. The monoisotopic (exact) mass is 568 g/mol. The minimum absolute atomic E-state index is 0.0441. The Morgan fingerprint density at radius 2 is 1.70 bits per heavy atom. The zero-order valence-electron chi connectivity index (χ0n) is 20.9. The van der Waals surface area contributed by atoms with E-state index in [9.17, 15) is 50.8 Å². The molecule has 0 radical (unpaired) electrons. The fourth-order valence-corrected chi connectivity index (χ4v) is 4.91. The molecule has 0 bridgehead atoms. The minimum atomic E-state index is -1.98. The van der Waals surface area contributed by atoms with E-state index in [1.54, 1.807) is 0 Å². The highest BCUT2D eigenvalue weighted by Gasteiger charge is 2.50. The van der Waals surface area contributed by atoms with Gasteiger partial charge in [-0.2, -0.15) is 0 Å². The number of phenols is 3. The van der Waals surface area contributed by atoms with Crippen molar-refractivity contribution >= 4 is 21.9 Å². The number of aliphatic hydroxyl groups is 6. The molecule has 3 heterocycles. The van der Waals surface area contributed by atoms with E-state index in [0.717, 1.165) is 12.1 Å². The third-order valence-electron chi connectivity index (χ3n) is 7.26. The molecular weight excluding hydrogens is 540 g/mol. The van der Waals surface area contributed by atoms with Crippen molar-refractivity contribution in [1.29, 1.82) is 0 Å². The highest BCUT2D eigenvalue weighted by molar-refractivity contribution is 5.96. The minimum Gasteiger partial charge on any atom is -0.507 e. The number of aliphatic hydroxyl groups excluding tert-OH is 5. The molecule has 8 atom stereocenters. The first kappa shape index (κ1) is 28.3. The summed E-state index contributed by atoms with van der Waals surface area (Å²) in [6, 6.07) is 3.29. The average Bonchev–Trinajstić information content (AvgIpc) is 3.21. The molecule has 0 aliphatic carbocycles. The van der Waals surface area contributed by atoms with Gasteiger partial charge in [-0.15, -0.1) is 0 Å². The number of hydrogen-bond acceptors (Lipinski definition) is 15.